The Morgan fingerprint density at radius 3 is 2.22 bits per heavy atom. The molecule has 0 amide bonds. The minimum absolute atomic E-state index is 0.0685. The molecule has 0 unspecified atom stereocenters. The van der Waals surface area contributed by atoms with Crippen molar-refractivity contribution in [3.05, 3.63) is 22.7 Å². The van der Waals surface area contributed by atoms with Gasteiger partial charge in [0.1, 0.15) is 17.1 Å². The van der Waals surface area contributed by atoms with Crippen LogP contribution in [0, 0.1) is 0 Å². The number of aromatic carboxylic acids is 1. The molecule has 0 aromatic heterocycles. The minimum Gasteiger partial charge on any atom is -0.493 e. The van der Waals surface area contributed by atoms with Crippen molar-refractivity contribution in [2.75, 3.05) is 13.2 Å². The van der Waals surface area contributed by atoms with Crippen molar-refractivity contribution >= 4 is 17.6 Å². The second-order valence-electron chi connectivity index (χ2n) is 3.78. The number of halogens is 1. The van der Waals surface area contributed by atoms with Gasteiger partial charge in [0.05, 0.1) is 18.2 Å². The molecule has 0 bridgehead atoms. The molecule has 0 saturated heterocycles. The number of rotatable bonds is 7. The zero-order valence-corrected chi connectivity index (χ0v) is 11.3. The van der Waals surface area contributed by atoms with Crippen molar-refractivity contribution in [1.82, 2.24) is 0 Å². The Labute approximate surface area is 111 Å². The van der Waals surface area contributed by atoms with Crippen LogP contribution in [-0.4, -0.2) is 24.3 Å². The molecule has 1 aromatic rings. The molecule has 0 aliphatic carbocycles. The van der Waals surface area contributed by atoms with Gasteiger partial charge in [-0.2, -0.15) is 0 Å². The molecule has 0 atom stereocenters. The maximum absolute atomic E-state index is 11.1. The highest BCUT2D eigenvalue weighted by Gasteiger charge is 2.16. The number of ether oxygens (including phenoxy) is 2. The summed E-state index contributed by atoms with van der Waals surface area (Å²) in [5, 5.41) is 9.49. The molecule has 1 N–H and O–H groups in total. The molecule has 0 radical (unpaired) electrons. The third kappa shape index (κ3) is 3.81. The summed E-state index contributed by atoms with van der Waals surface area (Å²) in [6.45, 7) is 4.85. The van der Waals surface area contributed by atoms with Gasteiger partial charge in [0.2, 0.25) is 0 Å². The molecule has 0 aliphatic heterocycles. The summed E-state index contributed by atoms with van der Waals surface area (Å²) < 4.78 is 10.8. The Hall–Kier alpha value is -1.42. The SMILES string of the molecule is CCCOc1cc(C(=O)O)c(OCCC)cc1Cl. The average molecular weight is 273 g/mol. The normalized spacial score (nSPS) is 10.2. The Morgan fingerprint density at radius 1 is 1.17 bits per heavy atom. The molecule has 0 fully saturated rings. The molecule has 100 valence electrons. The van der Waals surface area contributed by atoms with Gasteiger partial charge in [-0.15, -0.1) is 0 Å². The van der Waals surface area contributed by atoms with Crippen LogP contribution in [0.2, 0.25) is 5.02 Å². The summed E-state index contributed by atoms with van der Waals surface area (Å²) >= 11 is 6.02. The number of hydrogen-bond donors (Lipinski definition) is 1. The third-order valence-electron chi connectivity index (χ3n) is 2.19. The monoisotopic (exact) mass is 272 g/mol. The molecule has 0 aliphatic rings. The number of carbonyl (C=O) groups is 1. The predicted octanol–water partition coefficient (Wildman–Crippen LogP) is 3.62. The number of hydrogen-bond acceptors (Lipinski definition) is 3. The van der Waals surface area contributed by atoms with Crippen LogP contribution in [-0.2, 0) is 0 Å². The van der Waals surface area contributed by atoms with Gasteiger partial charge >= 0.3 is 5.97 Å². The van der Waals surface area contributed by atoms with E-state index in [1.807, 2.05) is 13.8 Å². The summed E-state index contributed by atoms with van der Waals surface area (Å²) in [6.07, 6.45) is 1.62. The highest BCUT2D eigenvalue weighted by Crippen LogP contribution is 2.33. The van der Waals surface area contributed by atoms with Crippen molar-refractivity contribution in [1.29, 1.82) is 0 Å². The molecular formula is C13H17ClO4. The highest BCUT2D eigenvalue weighted by atomic mass is 35.5. The van der Waals surface area contributed by atoms with Gasteiger partial charge in [0.25, 0.3) is 0 Å². The van der Waals surface area contributed by atoms with Gasteiger partial charge in [0, 0.05) is 6.07 Å². The lowest BCUT2D eigenvalue weighted by atomic mass is 10.2. The number of carboxylic acid groups (broad SMARTS) is 1. The molecule has 0 saturated carbocycles. The standard InChI is InChI=1S/C13H17ClO4/c1-3-5-17-11-8-10(14)12(18-6-4-2)7-9(11)13(15)16/h7-8H,3-6H2,1-2H3,(H,15,16). The summed E-state index contributed by atoms with van der Waals surface area (Å²) in [4.78, 5) is 11.1. The first kappa shape index (κ1) is 14.6. The van der Waals surface area contributed by atoms with E-state index >= 15 is 0 Å². The summed E-state index contributed by atoms with van der Waals surface area (Å²) in [6, 6.07) is 2.90. The zero-order chi connectivity index (χ0) is 13.5. The fourth-order valence-electron chi connectivity index (χ4n) is 1.36. The quantitative estimate of drug-likeness (QED) is 0.824. The van der Waals surface area contributed by atoms with E-state index in [4.69, 9.17) is 26.2 Å². The minimum atomic E-state index is -1.06. The molecule has 5 heteroatoms. The summed E-state index contributed by atoms with van der Waals surface area (Å²) in [7, 11) is 0. The van der Waals surface area contributed by atoms with Crippen LogP contribution in [0.3, 0.4) is 0 Å². The van der Waals surface area contributed by atoms with Crippen LogP contribution in [0.5, 0.6) is 11.5 Å². The fourth-order valence-corrected chi connectivity index (χ4v) is 1.56. The smallest absolute Gasteiger partial charge is 0.339 e. The average Bonchev–Trinajstić information content (AvgIpc) is 2.34. The van der Waals surface area contributed by atoms with Gasteiger partial charge in [-0.1, -0.05) is 25.4 Å². The molecular weight excluding hydrogens is 256 g/mol. The van der Waals surface area contributed by atoms with Gasteiger partial charge in [-0.3, -0.25) is 0 Å². The summed E-state index contributed by atoms with van der Waals surface area (Å²) in [5.41, 5.74) is 0.0685. The van der Waals surface area contributed by atoms with E-state index < -0.39 is 5.97 Å². The lowest BCUT2D eigenvalue weighted by molar-refractivity contribution is 0.0691. The van der Waals surface area contributed by atoms with Crippen LogP contribution in [0.25, 0.3) is 0 Å². The lowest BCUT2D eigenvalue weighted by Gasteiger charge is -2.12. The Balaban J connectivity index is 3.04. The van der Waals surface area contributed by atoms with Gasteiger partial charge in [-0.05, 0) is 18.9 Å². The second-order valence-corrected chi connectivity index (χ2v) is 4.19. The van der Waals surface area contributed by atoms with Crippen molar-refractivity contribution < 1.29 is 19.4 Å². The zero-order valence-electron chi connectivity index (χ0n) is 10.5. The summed E-state index contributed by atoms with van der Waals surface area (Å²) in [5.74, 6) is -0.405. The van der Waals surface area contributed by atoms with Crippen LogP contribution in [0.4, 0.5) is 0 Å². The van der Waals surface area contributed by atoms with Gasteiger partial charge < -0.3 is 14.6 Å². The Morgan fingerprint density at radius 2 is 1.72 bits per heavy atom. The highest BCUT2D eigenvalue weighted by molar-refractivity contribution is 6.32. The van der Waals surface area contributed by atoms with E-state index in [1.54, 1.807) is 0 Å². The maximum atomic E-state index is 11.1. The van der Waals surface area contributed by atoms with E-state index in [-0.39, 0.29) is 11.3 Å². The Kier molecular flexibility index (Phi) is 5.78. The second kappa shape index (κ2) is 7.11. The van der Waals surface area contributed by atoms with Gasteiger partial charge in [-0.25, -0.2) is 4.79 Å². The van der Waals surface area contributed by atoms with E-state index in [0.29, 0.717) is 24.0 Å². The van der Waals surface area contributed by atoms with Crippen molar-refractivity contribution in [2.45, 2.75) is 26.7 Å². The van der Waals surface area contributed by atoms with Crippen LogP contribution in [0.1, 0.15) is 37.0 Å². The van der Waals surface area contributed by atoms with Crippen molar-refractivity contribution in [3.8, 4) is 11.5 Å². The van der Waals surface area contributed by atoms with E-state index in [2.05, 4.69) is 0 Å². The Bertz CT molecular complexity index is 418. The maximum Gasteiger partial charge on any atom is 0.339 e. The number of carboxylic acids is 1. The van der Waals surface area contributed by atoms with Crippen LogP contribution >= 0.6 is 11.6 Å². The first-order valence-electron chi connectivity index (χ1n) is 5.92. The van der Waals surface area contributed by atoms with E-state index in [0.717, 1.165) is 12.8 Å². The van der Waals surface area contributed by atoms with Crippen LogP contribution < -0.4 is 9.47 Å². The first-order chi connectivity index (χ1) is 8.60. The third-order valence-corrected chi connectivity index (χ3v) is 2.48. The van der Waals surface area contributed by atoms with Crippen molar-refractivity contribution in [3.63, 3.8) is 0 Å². The molecule has 4 nitrogen and oxygen atoms in total. The molecule has 0 heterocycles. The van der Waals surface area contributed by atoms with Gasteiger partial charge in [0.15, 0.2) is 0 Å². The van der Waals surface area contributed by atoms with Crippen molar-refractivity contribution in [2.24, 2.45) is 0 Å². The van der Waals surface area contributed by atoms with E-state index in [9.17, 15) is 4.79 Å². The largest absolute Gasteiger partial charge is 0.493 e. The van der Waals surface area contributed by atoms with E-state index in [1.165, 1.54) is 12.1 Å². The molecule has 18 heavy (non-hydrogen) atoms. The lowest BCUT2D eigenvalue weighted by Crippen LogP contribution is -2.05. The predicted molar refractivity (Wildman–Crippen MR) is 70.0 cm³/mol. The first-order valence-corrected chi connectivity index (χ1v) is 6.30. The molecule has 1 rings (SSSR count). The molecule has 1 aromatic carbocycles. The van der Waals surface area contributed by atoms with Crippen LogP contribution in [0.15, 0.2) is 12.1 Å². The fraction of sp³-hybridized carbons (Fsp3) is 0.462. The topological polar surface area (TPSA) is 55.8 Å². The number of benzene rings is 1. The molecule has 0 spiro atoms.